The Bertz CT molecular complexity index is 2920. The number of piperazine rings is 1. The minimum Gasteiger partial charge on any atom is -0.474 e. The fourth-order valence-corrected chi connectivity index (χ4v) is 10.8. The highest BCUT2D eigenvalue weighted by Gasteiger charge is 2.37. The predicted octanol–water partition coefficient (Wildman–Crippen LogP) is 8.93. The molecule has 68 heavy (non-hydrogen) atoms. The lowest BCUT2D eigenvalue weighted by Crippen LogP contribution is -2.47. The van der Waals surface area contributed by atoms with E-state index in [-0.39, 0.29) is 41.6 Å². The van der Waals surface area contributed by atoms with Crippen LogP contribution < -0.4 is 24.6 Å². The number of amides is 1. The summed E-state index contributed by atoms with van der Waals surface area (Å²) in [5, 5.41) is 27.4. The highest BCUT2D eigenvalue weighted by atomic mass is 35.5. The maximum Gasteiger partial charge on any atom is 0.293 e. The number of allylic oxidation sites excluding steroid dienone is 1. The summed E-state index contributed by atoms with van der Waals surface area (Å²) in [5.74, 6) is -0.461. The van der Waals surface area contributed by atoms with E-state index in [9.17, 15) is 28.6 Å². The molecule has 0 radical (unpaired) electrons. The van der Waals surface area contributed by atoms with Gasteiger partial charge in [0.15, 0.2) is 0 Å². The lowest BCUT2D eigenvalue weighted by molar-refractivity contribution is -0.384. The van der Waals surface area contributed by atoms with Gasteiger partial charge in [0, 0.05) is 87.4 Å². The number of anilines is 4. The summed E-state index contributed by atoms with van der Waals surface area (Å²) >= 11 is 6.28. The Morgan fingerprint density at radius 3 is 2.51 bits per heavy atom. The molecule has 0 spiro atoms. The van der Waals surface area contributed by atoms with Crippen molar-refractivity contribution in [3.8, 4) is 11.9 Å². The molecule has 356 valence electrons. The number of pyridine rings is 1. The largest absolute Gasteiger partial charge is 0.474 e. The van der Waals surface area contributed by atoms with Crippen molar-refractivity contribution in [3.05, 3.63) is 111 Å². The van der Waals surface area contributed by atoms with E-state index in [0.717, 1.165) is 73.9 Å². The van der Waals surface area contributed by atoms with Crippen molar-refractivity contribution in [1.29, 1.82) is 5.26 Å². The molecule has 0 bridgehead atoms. The number of carbonyl (C=O) groups is 1. The number of sulfonamides is 1. The normalized spacial score (nSPS) is 20.3. The third-order valence-electron chi connectivity index (χ3n) is 13.7. The SMILES string of the molecule is CC1(C)CCC(CN2CCN(c3ccc(C(=O)NS(=O)(=O)c4ccc(NCC5CCOCC5)c([N+](=O)[O-])c4)c(N4CC(C)(C#N)COc5nc6[nH]ccc6cc54)c3)CC2)=C(c2ccc(Cl)cc2)C1. The minimum atomic E-state index is -4.65. The zero-order valence-electron chi connectivity index (χ0n) is 38.5. The summed E-state index contributed by atoms with van der Waals surface area (Å²) in [6.07, 6.45) is 6.51. The molecule has 2 aromatic heterocycles. The van der Waals surface area contributed by atoms with Crippen molar-refractivity contribution < 1.29 is 27.6 Å². The van der Waals surface area contributed by atoms with E-state index >= 15 is 0 Å². The number of benzene rings is 3. The number of nitro groups is 1. The molecule has 9 rings (SSSR count). The number of hydrogen-bond acceptors (Lipinski definition) is 13. The molecular weight excluding hydrogens is 906 g/mol. The molecule has 5 aromatic rings. The topological polar surface area (TPSA) is 199 Å². The summed E-state index contributed by atoms with van der Waals surface area (Å²) in [5.41, 5.74) is 5.15. The Balaban J connectivity index is 1.02. The average molecular weight is 963 g/mol. The van der Waals surface area contributed by atoms with Gasteiger partial charge in [-0.2, -0.15) is 10.2 Å². The highest BCUT2D eigenvalue weighted by molar-refractivity contribution is 7.90. The number of nitriles is 1. The lowest BCUT2D eigenvalue weighted by Gasteiger charge is -2.39. The predicted molar refractivity (Wildman–Crippen MR) is 263 cm³/mol. The number of ether oxygens (including phenoxy) is 2. The molecule has 3 N–H and O–H groups in total. The molecule has 18 heteroatoms. The highest BCUT2D eigenvalue weighted by Crippen LogP contribution is 2.45. The quantitative estimate of drug-likeness (QED) is 0.0792. The summed E-state index contributed by atoms with van der Waals surface area (Å²) in [7, 11) is -4.65. The number of aromatic amines is 1. The number of nitro benzene ring substituents is 1. The zero-order chi connectivity index (χ0) is 47.8. The third-order valence-corrected chi connectivity index (χ3v) is 15.3. The van der Waals surface area contributed by atoms with Crippen LogP contribution in [0.25, 0.3) is 16.6 Å². The van der Waals surface area contributed by atoms with Crippen LogP contribution in [0.2, 0.25) is 5.02 Å². The van der Waals surface area contributed by atoms with Gasteiger partial charge in [0.05, 0.1) is 27.1 Å². The first kappa shape index (κ1) is 46.9. The van der Waals surface area contributed by atoms with Gasteiger partial charge in [0.1, 0.15) is 29.0 Å². The minimum absolute atomic E-state index is 0.00408. The van der Waals surface area contributed by atoms with Crippen molar-refractivity contribution in [2.75, 3.05) is 80.8 Å². The third kappa shape index (κ3) is 10.1. The van der Waals surface area contributed by atoms with Crippen LogP contribution in [0.1, 0.15) is 68.8 Å². The summed E-state index contributed by atoms with van der Waals surface area (Å²) in [6, 6.07) is 23.1. The Morgan fingerprint density at radius 2 is 1.78 bits per heavy atom. The summed E-state index contributed by atoms with van der Waals surface area (Å²) in [6.45, 7) is 12.0. The van der Waals surface area contributed by atoms with Crippen molar-refractivity contribution in [1.82, 2.24) is 19.6 Å². The van der Waals surface area contributed by atoms with Gasteiger partial charge in [-0.15, -0.1) is 0 Å². The Labute approximate surface area is 401 Å². The number of nitrogens with one attached hydrogen (secondary N) is 3. The van der Waals surface area contributed by atoms with Crippen molar-refractivity contribution in [2.24, 2.45) is 16.7 Å². The van der Waals surface area contributed by atoms with Crippen LogP contribution in [0.5, 0.6) is 5.88 Å². The van der Waals surface area contributed by atoms with E-state index in [1.807, 2.05) is 35.2 Å². The monoisotopic (exact) mass is 961 g/mol. The molecule has 0 saturated carbocycles. The van der Waals surface area contributed by atoms with Crippen LogP contribution >= 0.6 is 11.6 Å². The molecule has 1 unspecified atom stereocenters. The van der Waals surface area contributed by atoms with Gasteiger partial charge in [0.2, 0.25) is 5.88 Å². The fourth-order valence-electron chi connectivity index (χ4n) is 9.69. The molecule has 2 fully saturated rings. The molecular formula is C50H56ClN9O7S. The Hall–Kier alpha value is -6.19. The van der Waals surface area contributed by atoms with Crippen molar-refractivity contribution in [2.45, 2.75) is 57.8 Å². The van der Waals surface area contributed by atoms with Gasteiger partial charge < -0.3 is 29.6 Å². The smallest absolute Gasteiger partial charge is 0.293 e. The Kier molecular flexibility index (Phi) is 13.2. The first-order valence-electron chi connectivity index (χ1n) is 23.1. The van der Waals surface area contributed by atoms with E-state index < -0.39 is 36.9 Å². The number of rotatable bonds is 12. The summed E-state index contributed by atoms with van der Waals surface area (Å²) in [4.78, 5) is 40.1. The maximum atomic E-state index is 14.5. The zero-order valence-corrected chi connectivity index (χ0v) is 40.1. The molecule has 2 saturated heterocycles. The van der Waals surface area contributed by atoms with Crippen LogP contribution in [-0.2, 0) is 14.8 Å². The van der Waals surface area contributed by atoms with Gasteiger partial charge >= 0.3 is 0 Å². The molecule has 4 aliphatic rings. The van der Waals surface area contributed by atoms with E-state index in [1.165, 1.54) is 28.8 Å². The molecule has 1 amide bonds. The molecule has 1 aliphatic carbocycles. The number of hydrogen-bond donors (Lipinski definition) is 3. The number of H-pyrrole nitrogens is 1. The van der Waals surface area contributed by atoms with Crippen LogP contribution in [0.15, 0.2) is 89.5 Å². The molecule has 3 aromatic carbocycles. The van der Waals surface area contributed by atoms with Gasteiger partial charge in [-0.05, 0) is 116 Å². The molecule has 16 nitrogen and oxygen atoms in total. The van der Waals surface area contributed by atoms with Crippen molar-refractivity contribution >= 4 is 72.6 Å². The van der Waals surface area contributed by atoms with Crippen molar-refractivity contribution in [3.63, 3.8) is 0 Å². The first-order chi connectivity index (χ1) is 32.6. The number of halogens is 1. The number of nitrogens with zero attached hydrogens (tertiary/aromatic N) is 6. The van der Waals surface area contributed by atoms with Gasteiger partial charge in [-0.1, -0.05) is 43.2 Å². The second-order valence-electron chi connectivity index (χ2n) is 19.5. The molecule has 1 atom stereocenters. The standard InChI is InChI=1S/C50H56ClN9O7S/c1-49(2)16-12-36(41(27-49)34-4-6-37(51)7-5-34)29-57-18-20-58(21-19-57)38-8-10-40(43(25-38)59-31-50(3,30-52)32-67-48-45(59)24-35-13-17-53-46(35)55-48)47(61)56-68(64,65)39-9-11-42(44(26-39)60(62)63)54-28-33-14-22-66-23-15-33/h4-11,13,17,24-26,33,54H,12,14-16,18-23,27-29,31-32H2,1-3H3,(H,53,55)(H,56,61). The Morgan fingerprint density at radius 1 is 1.01 bits per heavy atom. The maximum absolute atomic E-state index is 14.5. The summed E-state index contributed by atoms with van der Waals surface area (Å²) < 4.78 is 41.9. The molecule has 3 aliphatic heterocycles. The van der Waals surface area contributed by atoms with E-state index in [2.05, 4.69) is 56.9 Å². The number of fused-ring (bicyclic) bond motifs is 2. The molecule has 5 heterocycles. The van der Waals surface area contributed by atoms with E-state index in [0.29, 0.717) is 49.9 Å². The van der Waals surface area contributed by atoms with Gasteiger partial charge in [-0.25, -0.2) is 13.1 Å². The average Bonchev–Trinajstić information content (AvgIpc) is 3.74. The van der Waals surface area contributed by atoms with Crippen LogP contribution in [0.3, 0.4) is 0 Å². The van der Waals surface area contributed by atoms with Gasteiger partial charge in [0.25, 0.3) is 21.6 Å². The first-order valence-corrected chi connectivity index (χ1v) is 25.0. The number of aromatic nitrogens is 2. The van der Waals surface area contributed by atoms with Crippen LogP contribution in [0.4, 0.5) is 28.4 Å². The van der Waals surface area contributed by atoms with Gasteiger partial charge in [-0.3, -0.25) is 19.8 Å². The van der Waals surface area contributed by atoms with Crippen LogP contribution in [0, 0.1) is 38.2 Å². The second-order valence-corrected chi connectivity index (χ2v) is 21.6. The van der Waals surface area contributed by atoms with E-state index in [4.69, 9.17) is 26.1 Å². The number of carbonyl (C=O) groups excluding carboxylic acids is 1. The second kappa shape index (κ2) is 19.1. The fraction of sp³-hybridized carbons (Fsp3) is 0.420. The van der Waals surface area contributed by atoms with Crippen LogP contribution in [-0.4, -0.2) is 99.8 Å². The van der Waals surface area contributed by atoms with E-state index in [1.54, 1.807) is 25.3 Å². The lowest BCUT2D eigenvalue weighted by atomic mass is 9.72.